The molecule has 0 fully saturated rings. The molecule has 3 rings (SSSR count). The predicted octanol–water partition coefficient (Wildman–Crippen LogP) is 2.79. The number of nitrogens with two attached hydrogens (primary N) is 2. The van der Waals surface area contributed by atoms with Crippen LogP contribution < -0.4 is 16.2 Å². The molecule has 0 unspecified atom stereocenters. The topological polar surface area (TPSA) is 85.1 Å². The molecule has 0 radical (unpaired) electrons. The summed E-state index contributed by atoms with van der Waals surface area (Å²) in [5.74, 6) is 1.29. The SMILES string of the molecule is N#CC1=C(N)Oc2cc(N)ccc2[C@H]1[C@H]1CC=CCC1. The minimum absolute atomic E-state index is 0.00861. The molecule has 0 spiro atoms. The van der Waals surface area contributed by atoms with Gasteiger partial charge in [0.25, 0.3) is 0 Å². The molecule has 20 heavy (non-hydrogen) atoms. The molecule has 0 amide bonds. The molecule has 4 heteroatoms. The van der Waals surface area contributed by atoms with Gasteiger partial charge in [0.1, 0.15) is 11.8 Å². The summed E-state index contributed by atoms with van der Waals surface area (Å²) in [5.41, 5.74) is 13.9. The summed E-state index contributed by atoms with van der Waals surface area (Å²) < 4.78 is 5.57. The van der Waals surface area contributed by atoms with Gasteiger partial charge in [-0.15, -0.1) is 0 Å². The smallest absolute Gasteiger partial charge is 0.205 e. The molecule has 1 aliphatic carbocycles. The number of rotatable bonds is 1. The van der Waals surface area contributed by atoms with Crippen LogP contribution in [0.2, 0.25) is 0 Å². The third-order valence-corrected chi connectivity index (χ3v) is 4.07. The lowest BCUT2D eigenvalue weighted by Crippen LogP contribution is -2.25. The Labute approximate surface area is 118 Å². The summed E-state index contributed by atoms with van der Waals surface area (Å²) in [4.78, 5) is 0. The summed E-state index contributed by atoms with van der Waals surface area (Å²) in [6, 6.07) is 7.82. The van der Waals surface area contributed by atoms with Crippen LogP contribution in [0.25, 0.3) is 0 Å². The van der Waals surface area contributed by atoms with E-state index in [1.54, 1.807) is 6.07 Å². The Balaban J connectivity index is 2.09. The van der Waals surface area contributed by atoms with Crippen molar-refractivity contribution in [1.29, 1.82) is 5.26 Å². The van der Waals surface area contributed by atoms with Crippen molar-refractivity contribution in [1.82, 2.24) is 0 Å². The Morgan fingerprint density at radius 1 is 1.25 bits per heavy atom. The fraction of sp³-hybridized carbons (Fsp3) is 0.312. The van der Waals surface area contributed by atoms with Crippen LogP contribution in [0.1, 0.15) is 30.7 Å². The van der Waals surface area contributed by atoms with Crippen LogP contribution in [0, 0.1) is 17.2 Å². The minimum Gasteiger partial charge on any atom is -0.440 e. The van der Waals surface area contributed by atoms with Crippen LogP contribution in [-0.2, 0) is 0 Å². The van der Waals surface area contributed by atoms with Crippen molar-refractivity contribution in [3.63, 3.8) is 0 Å². The molecule has 1 aliphatic heterocycles. The first-order valence-electron chi connectivity index (χ1n) is 6.82. The largest absolute Gasteiger partial charge is 0.440 e. The van der Waals surface area contributed by atoms with E-state index in [0.717, 1.165) is 24.8 Å². The van der Waals surface area contributed by atoms with Gasteiger partial charge in [-0.25, -0.2) is 0 Å². The highest BCUT2D eigenvalue weighted by Crippen LogP contribution is 2.46. The van der Waals surface area contributed by atoms with Gasteiger partial charge < -0.3 is 16.2 Å². The zero-order valence-corrected chi connectivity index (χ0v) is 11.2. The molecule has 0 saturated carbocycles. The number of nitriles is 1. The van der Waals surface area contributed by atoms with Crippen molar-refractivity contribution in [2.45, 2.75) is 25.2 Å². The van der Waals surface area contributed by atoms with Crippen LogP contribution in [-0.4, -0.2) is 0 Å². The Hall–Kier alpha value is -2.41. The zero-order chi connectivity index (χ0) is 14.1. The Bertz CT molecular complexity index is 640. The highest BCUT2D eigenvalue weighted by Gasteiger charge is 2.34. The fourth-order valence-corrected chi connectivity index (χ4v) is 3.11. The van der Waals surface area contributed by atoms with E-state index in [4.69, 9.17) is 16.2 Å². The van der Waals surface area contributed by atoms with Gasteiger partial charge in [-0.05, 0) is 31.2 Å². The maximum absolute atomic E-state index is 9.43. The fourth-order valence-electron chi connectivity index (χ4n) is 3.11. The zero-order valence-electron chi connectivity index (χ0n) is 11.2. The molecule has 0 saturated heterocycles. The van der Waals surface area contributed by atoms with Gasteiger partial charge in [0.2, 0.25) is 5.88 Å². The molecule has 2 aliphatic rings. The number of anilines is 1. The van der Waals surface area contributed by atoms with Crippen molar-refractivity contribution in [2.75, 3.05) is 5.73 Å². The van der Waals surface area contributed by atoms with Gasteiger partial charge >= 0.3 is 0 Å². The number of fused-ring (bicyclic) bond motifs is 1. The van der Waals surface area contributed by atoms with E-state index in [0.29, 0.717) is 22.9 Å². The predicted molar refractivity (Wildman–Crippen MR) is 77.5 cm³/mol. The molecule has 2 atom stereocenters. The molecular formula is C16H17N3O. The maximum atomic E-state index is 9.43. The van der Waals surface area contributed by atoms with Gasteiger partial charge in [0, 0.05) is 23.2 Å². The number of benzene rings is 1. The molecule has 0 aromatic heterocycles. The maximum Gasteiger partial charge on any atom is 0.205 e. The van der Waals surface area contributed by atoms with Gasteiger partial charge in [0.05, 0.1) is 5.57 Å². The summed E-state index contributed by atoms with van der Waals surface area (Å²) in [7, 11) is 0. The third kappa shape index (κ3) is 2.01. The van der Waals surface area contributed by atoms with E-state index in [-0.39, 0.29) is 11.8 Å². The lowest BCUT2D eigenvalue weighted by Gasteiger charge is -2.33. The molecule has 0 bridgehead atoms. The standard InChI is InChI=1S/C16H17N3O/c17-9-13-15(10-4-2-1-3-5-10)12-7-6-11(18)8-14(12)20-16(13)19/h1-2,6-8,10,15H,3-5,18-19H2/t10-,15+/m0/s1. The first kappa shape index (κ1) is 12.6. The lowest BCUT2D eigenvalue weighted by atomic mass is 9.74. The number of ether oxygens (including phenoxy) is 1. The first-order chi connectivity index (χ1) is 9.70. The summed E-state index contributed by atoms with van der Waals surface area (Å²) in [5, 5.41) is 9.43. The second-order valence-electron chi connectivity index (χ2n) is 5.31. The van der Waals surface area contributed by atoms with Gasteiger partial charge in [-0.3, -0.25) is 0 Å². The Morgan fingerprint density at radius 3 is 2.80 bits per heavy atom. The number of allylic oxidation sites excluding steroid dienone is 3. The van der Waals surface area contributed by atoms with Crippen LogP contribution in [0.4, 0.5) is 5.69 Å². The average molecular weight is 267 g/mol. The van der Waals surface area contributed by atoms with E-state index in [9.17, 15) is 5.26 Å². The van der Waals surface area contributed by atoms with E-state index in [1.807, 2.05) is 12.1 Å². The lowest BCUT2D eigenvalue weighted by molar-refractivity contribution is 0.348. The molecule has 1 aromatic rings. The third-order valence-electron chi connectivity index (χ3n) is 4.07. The average Bonchev–Trinajstić information content (AvgIpc) is 2.46. The summed E-state index contributed by atoms with van der Waals surface area (Å²) >= 11 is 0. The van der Waals surface area contributed by atoms with E-state index in [2.05, 4.69) is 18.2 Å². The second kappa shape index (κ2) is 4.93. The van der Waals surface area contributed by atoms with E-state index >= 15 is 0 Å². The Morgan fingerprint density at radius 2 is 2.10 bits per heavy atom. The van der Waals surface area contributed by atoms with E-state index in [1.165, 1.54) is 0 Å². The van der Waals surface area contributed by atoms with Crippen LogP contribution in [0.5, 0.6) is 5.75 Å². The molecule has 1 aromatic carbocycles. The highest BCUT2D eigenvalue weighted by molar-refractivity contribution is 5.56. The van der Waals surface area contributed by atoms with Gasteiger partial charge in [0.15, 0.2) is 0 Å². The molecular weight excluding hydrogens is 250 g/mol. The van der Waals surface area contributed by atoms with Crippen LogP contribution in [0.3, 0.4) is 0 Å². The van der Waals surface area contributed by atoms with Crippen LogP contribution >= 0.6 is 0 Å². The van der Waals surface area contributed by atoms with E-state index < -0.39 is 0 Å². The minimum atomic E-state index is 0.00861. The van der Waals surface area contributed by atoms with Crippen molar-refractivity contribution < 1.29 is 4.74 Å². The van der Waals surface area contributed by atoms with Crippen molar-refractivity contribution in [3.05, 3.63) is 47.4 Å². The molecule has 1 heterocycles. The molecule has 4 N–H and O–H groups in total. The Kier molecular flexibility index (Phi) is 3.11. The number of nitrogen functional groups attached to an aromatic ring is 1. The highest BCUT2D eigenvalue weighted by atomic mass is 16.5. The number of hydrogen-bond acceptors (Lipinski definition) is 4. The second-order valence-corrected chi connectivity index (χ2v) is 5.31. The van der Waals surface area contributed by atoms with Gasteiger partial charge in [-0.1, -0.05) is 18.2 Å². The van der Waals surface area contributed by atoms with Crippen molar-refractivity contribution in [2.24, 2.45) is 11.7 Å². The van der Waals surface area contributed by atoms with Crippen molar-refractivity contribution >= 4 is 5.69 Å². The molecule has 102 valence electrons. The normalized spacial score (nSPS) is 24.8. The van der Waals surface area contributed by atoms with Crippen LogP contribution in [0.15, 0.2) is 41.8 Å². The number of nitrogens with zero attached hydrogens (tertiary/aromatic N) is 1. The number of hydrogen-bond donors (Lipinski definition) is 2. The first-order valence-corrected chi connectivity index (χ1v) is 6.82. The summed E-state index contributed by atoms with van der Waals surface area (Å²) in [6.07, 6.45) is 7.45. The monoisotopic (exact) mass is 267 g/mol. The summed E-state index contributed by atoms with van der Waals surface area (Å²) in [6.45, 7) is 0. The molecule has 4 nitrogen and oxygen atoms in total. The van der Waals surface area contributed by atoms with Gasteiger partial charge in [-0.2, -0.15) is 5.26 Å². The quantitative estimate of drug-likeness (QED) is 0.605. The van der Waals surface area contributed by atoms with Crippen molar-refractivity contribution in [3.8, 4) is 11.8 Å².